The second-order valence-electron chi connectivity index (χ2n) is 7.99. The van der Waals surface area contributed by atoms with Crippen molar-refractivity contribution in [2.24, 2.45) is 0 Å². The summed E-state index contributed by atoms with van der Waals surface area (Å²) >= 11 is 0. The van der Waals surface area contributed by atoms with E-state index < -0.39 is 9.84 Å². The maximum Gasteiger partial charge on any atom is 0.224 e. The van der Waals surface area contributed by atoms with Crippen molar-refractivity contribution in [2.75, 3.05) is 12.3 Å². The second-order valence-corrected chi connectivity index (χ2v) is 10.1. The van der Waals surface area contributed by atoms with Gasteiger partial charge in [0.2, 0.25) is 5.91 Å². The summed E-state index contributed by atoms with van der Waals surface area (Å²) in [6.45, 7) is 6.37. The fraction of sp³-hybridized carbons (Fsp3) is 0.409. The summed E-state index contributed by atoms with van der Waals surface area (Å²) in [4.78, 5) is 19.4. The number of rotatable bonds is 5. The Morgan fingerprint density at radius 1 is 1.13 bits per heavy atom. The molecule has 7 nitrogen and oxygen atoms in total. The minimum atomic E-state index is -3.51. The van der Waals surface area contributed by atoms with Gasteiger partial charge in [0.1, 0.15) is 0 Å². The van der Waals surface area contributed by atoms with E-state index in [9.17, 15) is 13.2 Å². The average molecular weight is 427 g/mol. The van der Waals surface area contributed by atoms with Crippen molar-refractivity contribution in [3.05, 3.63) is 59.0 Å². The van der Waals surface area contributed by atoms with Gasteiger partial charge in [-0.25, -0.2) is 17.9 Å². The number of benzene rings is 1. The van der Waals surface area contributed by atoms with Gasteiger partial charge in [0.05, 0.1) is 28.1 Å². The average Bonchev–Trinajstić information content (AvgIpc) is 3.33. The highest BCUT2D eigenvalue weighted by molar-refractivity contribution is 7.91. The van der Waals surface area contributed by atoms with E-state index in [-0.39, 0.29) is 29.0 Å². The van der Waals surface area contributed by atoms with E-state index in [1.54, 1.807) is 33.8 Å². The van der Waals surface area contributed by atoms with Crippen LogP contribution in [0, 0.1) is 20.8 Å². The van der Waals surface area contributed by atoms with Crippen molar-refractivity contribution in [3.63, 3.8) is 0 Å². The molecule has 4 rings (SSSR count). The minimum Gasteiger partial charge on any atom is -0.334 e. The molecule has 1 amide bonds. The first-order chi connectivity index (χ1) is 14.3. The van der Waals surface area contributed by atoms with Gasteiger partial charge in [0.25, 0.3) is 0 Å². The van der Waals surface area contributed by atoms with E-state index in [1.807, 2.05) is 32.9 Å². The zero-order valence-corrected chi connectivity index (χ0v) is 18.3. The number of likely N-dealkylation sites (tertiary alicyclic amines) is 1. The number of carbonyl (C=O) groups is 1. The van der Waals surface area contributed by atoms with Crippen LogP contribution in [-0.2, 0) is 14.6 Å². The third-order valence-corrected chi connectivity index (χ3v) is 7.56. The van der Waals surface area contributed by atoms with Crippen LogP contribution in [0.15, 0.2) is 41.4 Å². The molecule has 0 spiro atoms. The van der Waals surface area contributed by atoms with Gasteiger partial charge in [0.15, 0.2) is 15.5 Å². The Bertz CT molecular complexity index is 1220. The standard InChI is InChI=1S/C22H26N4O3S/c1-15-6-7-18(13-16(15)2)30(28,29)12-9-22(27)25-11-4-5-19(25)20-8-10-23-21-14-17(3)24-26(20)21/h6-8,10,13-14,19H,4-5,9,11-12H2,1-3H3. The van der Waals surface area contributed by atoms with Gasteiger partial charge < -0.3 is 4.90 Å². The third-order valence-electron chi connectivity index (χ3n) is 5.85. The van der Waals surface area contributed by atoms with Crippen LogP contribution in [-0.4, -0.2) is 46.1 Å². The fourth-order valence-electron chi connectivity index (χ4n) is 4.04. The number of fused-ring (bicyclic) bond motifs is 1. The zero-order chi connectivity index (χ0) is 21.5. The van der Waals surface area contributed by atoms with Crippen molar-refractivity contribution >= 4 is 21.4 Å². The first-order valence-electron chi connectivity index (χ1n) is 10.2. The lowest BCUT2D eigenvalue weighted by Gasteiger charge is -2.25. The molecule has 0 aliphatic carbocycles. The number of hydrogen-bond donors (Lipinski definition) is 0. The van der Waals surface area contributed by atoms with Crippen molar-refractivity contribution in [2.45, 2.75) is 51.0 Å². The predicted molar refractivity (Wildman–Crippen MR) is 114 cm³/mol. The number of aryl methyl sites for hydroxylation is 3. The monoisotopic (exact) mass is 426 g/mol. The third kappa shape index (κ3) is 3.84. The molecular weight excluding hydrogens is 400 g/mol. The normalized spacial score (nSPS) is 17.0. The SMILES string of the molecule is Cc1cc2nccc(C3CCCN3C(=O)CCS(=O)(=O)c3ccc(C)c(C)c3)n2n1. The second kappa shape index (κ2) is 7.83. The molecule has 1 aliphatic heterocycles. The Morgan fingerprint density at radius 3 is 2.70 bits per heavy atom. The van der Waals surface area contributed by atoms with Gasteiger partial charge >= 0.3 is 0 Å². The van der Waals surface area contributed by atoms with Crippen LogP contribution in [0.25, 0.3) is 5.65 Å². The molecule has 8 heteroatoms. The van der Waals surface area contributed by atoms with Crippen LogP contribution in [0.4, 0.5) is 0 Å². The maximum atomic E-state index is 13.0. The van der Waals surface area contributed by atoms with Crippen molar-refractivity contribution < 1.29 is 13.2 Å². The van der Waals surface area contributed by atoms with Crippen LogP contribution in [0.5, 0.6) is 0 Å². The number of amides is 1. The van der Waals surface area contributed by atoms with Crippen LogP contribution in [0.3, 0.4) is 0 Å². The molecule has 0 saturated carbocycles. The lowest BCUT2D eigenvalue weighted by molar-refractivity contribution is -0.131. The Labute approximate surface area is 176 Å². The van der Waals surface area contributed by atoms with E-state index in [0.717, 1.165) is 41.0 Å². The first-order valence-corrected chi connectivity index (χ1v) is 11.8. The molecule has 3 heterocycles. The summed E-state index contributed by atoms with van der Waals surface area (Å²) in [5.74, 6) is -0.330. The number of sulfone groups is 1. The molecule has 0 bridgehead atoms. The molecule has 1 fully saturated rings. The molecule has 2 aromatic heterocycles. The van der Waals surface area contributed by atoms with Gasteiger partial charge in [-0.05, 0) is 62.9 Å². The molecule has 158 valence electrons. The van der Waals surface area contributed by atoms with Gasteiger partial charge in [0, 0.05) is 25.2 Å². The molecule has 0 radical (unpaired) electrons. The number of aromatic nitrogens is 3. The molecule has 1 aromatic carbocycles. The highest BCUT2D eigenvalue weighted by Gasteiger charge is 2.32. The smallest absolute Gasteiger partial charge is 0.224 e. The summed E-state index contributed by atoms with van der Waals surface area (Å²) < 4.78 is 27.3. The Morgan fingerprint density at radius 2 is 1.93 bits per heavy atom. The molecular formula is C22H26N4O3S. The summed E-state index contributed by atoms with van der Waals surface area (Å²) in [5, 5.41) is 4.51. The number of carbonyl (C=O) groups excluding carboxylic acids is 1. The molecule has 1 atom stereocenters. The van der Waals surface area contributed by atoms with E-state index >= 15 is 0 Å². The van der Waals surface area contributed by atoms with Crippen LogP contribution >= 0.6 is 0 Å². The largest absolute Gasteiger partial charge is 0.334 e. The van der Waals surface area contributed by atoms with Gasteiger partial charge in [-0.1, -0.05) is 6.07 Å². The van der Waals surface area contributed by atoms with Crippen molar-refractivity contribution in [3.8, 4) is 0 Å². The minimum absolute atomic E-state index is 0.0296. The highest BCUT2D eigenvalue weighted by Crippen LogP contribution is 2.32. The Kier molecular flexibility index (Phi) is 5.36. The van der Waals surface area contributed by atoms with Gasteiger partial charge in [-0.15, -0.1) is 0 Å². The van der Waals surface area contributed by atoms with E-state index in [4.69, 9.17) is 0 Å². The number of nitrogens with zero attached hydrogens (tertiary/aromatic N) is 4. The van der Waals surface area contributed by atoms with Gasteiger partial charge in [-0.3, -0.25) is 4.79 Å². The zero-order valence-electron chi connectivity index (χ0n) is 17.5. The fourth-order valence-corrected chi connectivity index (χ4v) is 5.35. The topological polar surface area (TPSA) is 84.6 Å². The molecule has 0 N–H and O–H groups in total. The van der Waals surface area contributed by atoms with Crippen LogP contribution in [0.2, 0.25) is 0 Å². The van der Waals surface area contributed by atoms with E-state index in [0.29, 0.717) is 6.54 Å². The van der Waals surface area contributed by atoms with Crippen LogP contribution in [0.1, 0.15) is 47.8 Å². The molecule has 30 heavy (non-hydrogen) atoms. The lowest BCUT2D eigenvalue weighted by atomic mass is 10.1. The first kappa shape index (κ1) is 20.5. The summed E-state index contributed by atoms with van der Waals surface area (Å²) in [5.41, 5.74) is 4.50. The predicted octanol–water partition coefficient (Wildman–Crippen LogP) is 3.18. The van der Waals surface area contributed by atoms with E-state index in [2.05, 4.69) is 10.1 Å². The van der Waals surface area contributed by atoms with Crippen LogP contribution < -0.4 is 0 Å². The Balaban J connectivity index is 1.52. The van der Waals surface area contributed by atoms with Gasteiger partial charge in [-0.2, -0.15) is 5.10 Å². The quantitative estimate of drug-likeness (QED) is 0.626. The summed E-state index contributed by atoms with van der Waals surface area (Å²) in [7, 11) is -3.51. The van der Waals surface area contributed by atoms with Crippen molar-refractivity contribution in [1.29, 1.82) is 0 Å². The molecule has 1 aliphatic rings. The summed E-state index contributed by atoms with van der Waals surface area (Å²) in [6.07, 6.45) is 3.41. The highest BCUT2D eigenvalue weighted by atomic mass is 32.2. The molecule has 3 aromatic rings. The summed E-state index contributed by atoms with van der Waals surface area (Å²) in [6, 6.07) is 8.78. The number of hydrogen-bond acceptors (Lipinski definition) is 5. The molecule has 1 unspecified atom stereocenters. The lowest BCUT2D eigenvalue weighted by Crippen LogP contribution is -2.32. The Hall–Kier alpha value is -2.74. The van der Waals surface area contributed by atoms with E-state index in [1.165, 1.54) is 0 Å². The molecule has 1 saturated heterocycles. The van der Waals surface area contributed by atoms with Crippen molar-refractivity contribution in [1.82, 2.24) is 19.5 Å². The maximum absolute atomic E-state index is 13.0.